The van der Waals surface area contributed by atoms with Crippen molar-refractivity contribution in [1.29, 1.82) is 0 Å². The summed E-state index contributed by atoms with van der Waals surface area (Å²) in [6.45, 7) is 9.85. The molecule has 1 heterocycles. The van der Waals surface area contributed by atoms with Gasteiger partial charge in [0.2, 0.25) is 0 Å². The van der Waals surface area contributed by atoms with E-state index in [-0.39, 0.29) is 6.23 Å². The molecule has 0 amide bonds. The summed E-state index contributed by atoms with van der Waals surface area (Å²) in [6.07, 6.45) is 3.01. The maximum absolute atomic E-state index is 9.80. The Hall–Kier alpha value is -0.120. The maximum Gasteiger partial charge on any atom is 0.107 e. The van der Waals surface area contributed by atoms with Gasteiger partial charge in [0.15, 0.2) is 0 Å². The second kappa shape index (κ2) is 6.38. The first-order chi connectivity index (χ1) is 6.77. The molecule has 1 aliphatic rings. The van der Waals surface area contributed by atoms with Gasteiger partial charge in [-0.25, -0.2) is 0 Å². The summed E-state index contributed by atoms with van der Waals surface area (Å²) in [5.74, 6) is 0. The number of hydrogen-bond donors (Lipinski definition) is 1. The molecule has 0 aromatic rings. The van der Waals surface area contributed by atoms with Gasteiger partial charge in [-0.05, 0) is 19.4 Å². The number of nitrogens with zero attached hydrogens (tertiary/aromatic N) is 2. The molecular weight excluding hydrogens is 176 g/mol. The molecule has 14 heavy (non-hydrogen) atoms. The fourth-order valence-corrected chi connectivity index (χ4v) is 2.04. The van der Waals surface area contributed by atoms with E-state index in [0.29, 0.717) is 0 Å². The Morgan fingerprint density at radius 3 is 2.21 bits per heavy atom. The van der Waals surface area contributed by atoms with Crippen LogP contribution in [0.5, 0.6) is 0 Å². The fraction of sp³-hybridized carbons (Fsp3) is 1.00. The zero-order valence-corrected chi connectivity index (χ0v) is 9.58. The van der Waals surface area contributed by atoms with Crippen LogP contribution in [0.3, 0.4) is 0 Å². The molecule has 1 aliphatic heterocycles. The summed E-state index contributed by atoms with van der Waals surface area (Å²) in [4.78, 5) is 4.69. The highest BCUT2D eigenvalue weighted by molar-refractivity contribution is 4.73. The first kappa shape index (κ1) is 12.0. The molecule has 0 spiro atoms. The van der Waals surface area contributed by atoms with Crippen molar-refractivity contribution >= 4 is 0 Å². The molecular formula is C11H24N2O. The monoisotopic (exact) mass is 200 g/mol. The Bertz CT molecular complexity index is 144. The van der Waals surface area contributed by atoms with Crippen molar-refractivity contribution < 1.29 is 5.11 Å². The largest absolute Gasteiger partial charge is 0.378 e. The van der Waals surface area contributed by atoms with Crippen LogP contribution in [0.4, 0.5) is 0 Å². The van der Waals surface area contributed by atoms with Crippen LogP contribution < -0.4 is 0 Å². The zero-order chi connectivity index (χ0) is 10.4. The lowest BCUT2D eigenvalue weighted by Gasteiger charge is -2.37. The highest BCUT2D eigenvalue weighted by Gasteiger charge is 2.20. The van der Waals surface area contributed by atoms with Gasteiger partial charge in [0.1, 0.15) is 6.23 Å². The van der Waals surface area contributed by atoms with Crippen molar-refractivity contribution in [3.05, 3.63) is 0 Å². The molecule has 1 fully saturated rings. The van der Waals surface area contributed by atoms with Crippen molar-refractivity contribution in [2.75, 3.05) is 32.7 Å². The minimum atomic E-state index is -0.205. The van der Waals surface area contributed by atoms with Crippen LogP contribution in [-0.4, -0.2) is 53.9 Å². The summed E-state index contributed by atoms with van der Waals surface area (Å²) in [5, 5.41) is 9.80. The Labute approximate surface area is 87.7 Å². The van der Waals surface area contributed by atoms with Crippen molar-refractivity contribution in [1.82, 2.24) is 9.80 Å². The summed E-state index contributed by atoms with van der Waals surface area (Å²) < 4.78 is 0. The van der Waals surface area contributed by atoms with Gasteiger partial charge in [-0.3, -0.25) is 4.90 Å². The van der Waals surface area contributed by atoms with Crippen LogP contribution in [0.2, 0.25) is 0 Å². The minimum Gasteiger partial charge on any atom is -0.378 e. The molecule has 3 heteroatoms. The minimum absolute atomic E-state index is 0.205. The number of hydrogen-bond acceptors (Lipinski definition) is 3. The second-order valence-corrected chi connectivity index (χ2v) is 4.15. The van der Waals surface area contributed by atoms with Crippen LogP contribution in [0.15, 0.2) is 0 Å². The lowest BCUT2D eigenvalue weighted by molar-refractivity contribution is -0.0299. The van der Waals surface area contributed by atoms with Gasteiger partial charge in [-0.15, -0.1) is 0 Å². The molecule has 84 valence electrons. The third-order valence-corrected chi connectivity index (χ3v) is 2.92. The molecule has 1 atom stereocenters. The number of rotatable bonds is 5. The highest BCUT2D eigenvalue weighted by Crippen LogP contribution is 2.08. The van der Waals surface area contributed by atoms with Gasteiger partial charge in [-0.1, -0.05) is 20.3 Å². The average Bonchev–Trinajstić information content (AvgIpc) is 2.20. The predicted molar refractivity (Wildman–Crippen MR) is 59.2 cm³/mol. The lowest BCUT2D eigenvalue weighted by Crippen LogP contribution is -2.50. The Morgan fingerprint density at radius 1 is 1.07 bits per heavy atom. The van der Waals surface area contributed by atoms with Crippen LogP contribution in [0.1, 0.15) is 33.1 Å². The van der Waals surface area contributed by atoms with E-state index in [0.717, 1.165) is 39.0 Å². The van der Waals surface area contributed by atoms with Crippen LogP contribution in [-0.2, 0) is 0 Å². The molecule has 1 N–H and O–H groups in total. The molecule has 1 saturated heterocycles. The van der Waals surface area contributed by atoms with Gasteiger partial charge in [0.25, 0.3) is 0 Å². The van der Waals surface area contributed by atoms with Gasteiger partial charge in [0.05, 0.1) is 0 Å². The first-order valence-corrected chi connectivity index (χ1v) is 5.92. The number of aliphatic hydroxyl groups is 1. The van der Waals surface area contributed by atoms with E-state index in [1.54, 1.807) is 0 Å². The molecule has 1 rings (SSSR count). The smallest absolute Gasteiger partial charge is 0.107 e. The quantitative estimate of drug-likeness (QED) is 0.721. The van der Waals surface area contributed by atoms with E-state index < -0.39 is 0 Å². The third kappa shape index (κ3) is 3.56. The van der Waals surface area contributed by atoms with E-state index in [2.05, 4.69) is 23.6 Å². The maximum atomic E-state index is 9.80. The van der Waals surface area contributed by atoms with Crippen molar-refractivity contribution in [3.8, 4) is 0 Å². The summed E-state index contributed by atoms with van der Waals surface area (Å²) in [7, 11) is 0. The average molecular weight is 200 g/mol. The highest BCUT2D eigenvalue weighted by atomic mass is 16.3. The van der Waals surface area contributed by atoms with Gasteiger partial charge < -0.3 is 10.0 Å². The topological polar surface area (TPSA) is 26.7 Å². The SMILES string of the molecule is CCCC(O)N1CCN(CCC)CC1. The lowest BCUT2D eigenvalue weighted by atomic mass is 10.2. The molecule has 0 saturated carbocycles. The van der Waals surface area contributed by atoms with Gasteiger partial charge in [0, 0.05) is 26.2 Å². The molecule has 0 bridgehead atoms. The standard InChI is InChI=1S/C11H24N2O/c1-3-5-11(14)13-9-7-12(6-4-2)8-10-13/h11,14H,3-10H2,1-2H3. The molecule has 0 aromatic carbocycles. The van der Waals surface area contributed by atoms with E-state index >= 15 is 0 Å². The Morgan fingerprint density at radius 2 is 1.71 bits per heavy atom. The van der Waals surface area contributed by atoms with Crippen molar-refractivity contribution in [3.63, 3.8) is 0 Å². The van der Waals surface area contributed by atoms with E-state index in [9.17, 15) is 5.11 Å². The molecule has 0 radical (unpaired) electrons. The Balaban J connectivity index is 2.21. The second-order valence-electron chi connectivity index (χ2n) is 4.15. The van der Waals surface area contributed by atoms with Crippen LogP contribution in [0, 0.1) is 0 Å². The number of piperazine rings is 1. The molecule has 0 aliphatic carbocycles. The molecule has 0 aromatic heterocycles. The van der Waals surface area contributed by atoms with Gasteiger partial charge >= 0.3 is 0 Å². The summed E-state index contributed by atoms with van der Waals surface area (Å²) >= 11 is 0. The van der Waals surface area contributed by atoms with Crippen molar-refractivity contribution in [2.45, 2.75) is 39.3 Å². The van der Waals surface area contributed by atoms with Crippen LogP contribution >= 0.6 is 0 Å². The van der Waals surface area contributed by atoms with E-state index in [1.165, 1.54) is 13.0 Å². The van der Waals surface area contributed by atoms with Crippen molar-refractivity contribution in [2.24, 2.45) is 0 Å². The normalized spacial score (nSPS) is 22.5. The number of aliphatic hydroxyl groups excluding tert-OH is 1. The molecule has 1 unspecified atom stereocenters. The Kier molecular flexibility index (Phi) is 5.45. The third-order valence-electron chi connectivity index (χ3n) is 2.92. The predicted octanol–water partition coefficient (Wildman–Crippen LogP) is 1.13. The summed E-state index contributed by atoms with van der Waals surface area (Å²) in [6, 6.07) is 0. The zero-order valence-electron chi connectivity index (χ0n) is 9.58. The molecule has 3 nitrogen and oxygen atoms in total. The first-order valence-electron chi connectivity index (χ1n) is 5.92. The van der Waals surface area contributed by atoms with Crippen LogP contribution in [0.25, 0.3) is 0 Å². The summed E-state index contributed by atoms with van der Waals surface area (Å²) in [5.41, 5.74) is 0. The van der Waals surface area contributed by atoms with E-state index in [4.69, 9.17) is 0 Å². The van der Waals surface area contributed by atoms with E-state index in [1.807, 2.05) is 0 Å². The fourth-order valence-electron chi connectivity index (χ4n) is 2.04. The van der Waals surface area contributed by atoms with Gasteiger partial charge in [-0.2, -0.15) is 0 Å².